The van der Waals surface area contributed by atoms with E-state index >= 15 is 0 Å². The molecule has 4 atom stereocenters. The second-order valence-corrected chi connectivity index (χ2v) is 13.2. The smallest absolute Gasteiger partial charge is 0.192 e. The van der Waals surface area contributed by atoms with Crippen molar-refractivity contribution < 1.29 is 19.0 Å². The quantitative estimate of drug-likeness (QED) is 0.796. The Morgan fingerprint density at radius 2 is 1.73 bits per heavy atom. The predicted octanol–water partition coefficient (Wildman–Crippen LogP) is 3.83. The van der Waals surface area contributed by atoms with E-state index in [9.17, 15) is 5.11 Å². The molecule has 130 valence electrons. The standard InChI is InChI=1S/C17H34O4Si/c1-17(2,3)22(4,5)21-15-11-13(18)10-14(12-15)20-16-8-6-7-9-19-16/h13-16,18H,6-12H2,1-5H3/t13-,14-,15+,16?/m1/s1. The Kier molecular flexibility index (Phi) is 6.11. The normalized spacial score (nSPS) is 34.6. The molecule has 0 aromatic rings. The lowest BCUT2D eigenvalue weighted by atomic mass is 9.92. The first-order valence-corrected chi connectivity index (χ1v) is 11.7. The topological polar surface area (TPSA) is 47.9 Å². The van der Waals surface area contributed by atoms with Crippen LogP contribution in [0.1, 0.15) is 59.3 Å². The molecule has 0 bridgehead atoms. The van der Waals surface area contributed by atoms with Gasteiger partial charge in [-0.2, -0.15) is 0 Å². The first-order chi connectivity index (χ1) is 10.2. The number of aliphatic hydroxyl groups excluding tert-OH is 1. The number of ether oxygens (including phenoxy) is 2. The van der Waals surface area contributed by atoms with Crippen molar-refractivity contribution in [2.75, 3.05) is 6.61 Å². The summed E-state index contributed by atoms with van der Waals surface area (Å²) in [6.07, 6.45) is 5.35. The summed E-state index contributed by atoms with van der Waals surface area (Å²) in [5.41, 5.74) is 0. The SMILES string of the molecule is CC(C)(C)[Si](C)(C)O[C@H]1C[C@H](O)C[C@@H](OC2CCCCO2)C1. The van der Waals surface area contributed by atoms with Crippen LogP contribution in [0, 0.1) is 0 Å². The summed E-state index contributed by atoms with van der Waals surface area (Å²) in [6, 6.07) is 0. The van der Waals surface area contributed by atoms with Crippen molar-refractivity contribution in [2.24, 2.45) is 0 Å². The second kappa shape index (κ2) is 7.30. The number of aliphatic hydroxyl groups is 1. The van der Waals surface area contributed by atoms with E-state index in [0.717, 1.165) is 32.3 Å². The van der Waals surface area contributed by atoms with Gasteiger partial charge in [0.25, 0.3) is 0 Å². The molecule has 5 heteroatoms. The molecule has 1 unspecified atom stereocenters. The van der Waals surface area contributed by atoms with Crippen molar-refractivity contribution in [1.82, 2.24) is 0 Å². The number of rotatable bonds is 4. The molecular weight excluding hydrogens is 296 g/mol. The first kappa shape index (κ1) is 18.4. The van der Waals surface area contributed by atoms with Gasteiger partial charge in [-0.1, -0.05) is 20.8 Å². The van der Waals surface area contributed by atoms with Crippen LogP contribution in [0.15, 0.2) is 0 Å². The van der Waals surface area contributed by atoms with Gasteiger partial charge in [-0.05, 0) is 56.7 Å². The van der Waals surface area contributed by atoms with Gasteiger partial charge in [-0.25, -0.2) is 0 Å². The maximum Gasteiger partial charge on any atom is 0.192 e. The molecule has 22 heavy (non-hydrogen) atoms. The molecule has 4 nitrogen and oxygen atoms in total. The molecule has 0 spiro atoms. The van der Waals surface area contributed by atoms with E-state index in [1.807, 2.05) is 0 Å². The molecule has 2 aliphatic rings. The van der Waals surface area contributed by atoms with Crippen LogP contribution in [0.2, 0.25) is 18.1 Å². The molecule has 1 heterocycles. The van der Waals surface area contributed by atoms with E-state index in [4.69, 9.17) is 13.9 Å². The lowest BCUT2D eigenvalue weighted by Crippen LogP contribution is -2.48. The minimum atomic E-state index is -1.80. The minimum absolute atomic E-state index is 0.0571. The average molecular weight is 331 g/mol. The van der Waals surface area contributed by atoms with Crippen molar-refractivity contribution >= 4 is 8.32 Å². The number of hydrogen-bond acceptors (Lipinski definition) is 4. The zero-order valence-corrected chi connectivity index (χ0v) is 15.9. The Labute approximate surface area is 136 Å². The maximum absolute atomic E-state index is 10.2. The van der Waals surface area contributed by atoms with Gasteiger partial charge in [0.05, 0.1) is 12.2 Å². The lowest BCUT2D eigenvalue weighted by Gasteiger charge is -2.43. The molecule has 0 radical (unpaired) electrons. The third-order valence-electron chi connectivity index (χ3n) is 5.35. The Balaban J connectivity index is 1.90. The van der Waals surface area contributed by atoms with Crippen molar-refractivity contribution in [2.45, 2.75) is 102 Å². The van der Waals surface area contributed by atoms with Gasteiger partial charge in [0.15, 0.2) is 14.6 Å². The fourth-order valence-corrected chi connectivity index (χ4v) is 4.40. The molecule has 1 aliphatic carbocycles. The minimum Gasteiger partial charge on any atom is -0.414 e. The predicted molar refractivity (Wildman–Crippen MR) is 90.4 cm³/mol. The third-order valence-corrected chi connectivity index (χ3v) is 9.88. The van der Waals surface area contributed by atoms with Crippen LogP contribution in [0.5, 0.6) is 0 Å². The Hall–Kier alpha value is 0.0569. The van der Waals surface area contributed by atoms with Gasteiger partial charge in [0.2, 0.25) is 0 Å². The summed E-state index contributed by atoms with van der Waals surface area (Å²) in [5.74, 6) is 0. The first-order valence-electron chi connectivity index (χ1n) is 8.80. The van der Waals surface area contributed by atoms with Gasteiger partial charge in [0.1, 0.15) is 0 Å². The fraction of sp³-hybridized carbons (Fsp3) is 1.00. The van der Waals surface area contributed by atoms with Gasteiger partial charge in [-0.15, -0.1) is 0 Å². The van der Waals surface area contributed by atoms with E-state index in [-0.39, 0.29) is 29.6 Å². The molecule has 1 saturated heterocycles. The summed E-state index contributed by atoms with van der Waals surface area (Å²) in [5, 5.41) is 10.4. The summed E-state index contributed by atoms with van der Waals surface area (Å²) < 4.78 is 18.2. The van der Waals surface area contributed by atoms with Crippen molar-refractivity contribution in [3.8, 4) is 0 Å². The highest BCUT2D eigenvalue weighted by molar-refractivity contribution is 6.74. The van der Waals surface area contributed by atoms with E-state index in [1.54, 1.807) is 0 Å². The lowest BCUT2D eigenvalue weighted by molar-refractivity contribution is -0.204. The summed E-state index contributed by atoms with van der Waals surface area (Å²) >= 11 is 0. The zero-order valence-electron chi connectivity index (χ0n) is 14.9. The van der Waals surface area contributed by atoms with Crippen LogP contribution in [0.4, 0.5) is 0 Å². The fourth-order valence-electron chi connectivity index (χ4n) is 3.02. The molecule has 2 rings (SSSR count). The second-order valence-electron chi connectivity index (χ2n) is 8.42. The molecule has 1 saturated carbocycles. The van der Waals surface area contributed by atoms with Gasteiger partial charge in [0, 0.05) is 12.7 Å². The van der Waals surface area contributed by atoms with E-state index in [0.29, 0.717) is 6.42 Å². The molecule has 1 N–H and O–H groups in total. The van der Waals surface area contributed by atoms with Crippen molar-refractivity contribution in [3.63, 3.8) is 0 Å². The van der Waals surface area contributed by atoms with Crippen LogP contribution in [0.25, 0.3) is 0 Å². The van der Waals surface area contributed by atoms with Crippen molar-refractivity contribution in [1.29, 1.82) is 0 Å². The van der Waals surface area contributed by atoms with Crippen LogP contribution in [0.3, 0.4) is 0 Å². The van der Waals surface area contributed by atoms with Gasteiger partial charge in [-0.3, -0.25) is 0 Å². The molecule has 2 fully saturated rings. The Morgan fingerprint density at radius 3 is 2.32 bits per heavy atom. The molecule has 0 aromatic heterocycles. The molecule has 0 amide bonds. The third kappa shape index (κ3) is 5.03. The van der Waals surface area contributed by atoms with Crippen LogP contribution in [-0.4, -0.2) is 44.6 Å². The van der Waals surface area contributed by atoms with E-state index < -0.39 is 8.32 Å². The molecule has 1 aliphatic heterocycles. The van der Waals surface area contributed by atoms with Crippen LogP contribution < -0.4 is 0 Å². The van der Waals surface area contributed by atoms with E-state index in [2.05, 4.69) is 33.9 Å². The largest absolute Gasteiger partial charge is 0.414 e. The Morgan fingerprint density at radius 1 is 1.05 bits per heavy atom. The van der Waals surface area contributed by atoms with Gasteiger partial charge >= 0.3 is 0 Å². The zero-order chi connectivity index (χ0) is 16.4. The highest BCUT2D eigenvalue weighted by atomic mass is 28.4. The van der Waals surface area contributed by atoms with Crippen LogP contribution in [-0.2, 0) is 13.9 Å². The number of hydrogen-bond donors (Lipinski definition) is 1. The van der Waals surface area contributed by atoms with E-state index in [1.165, 1.54) is 6.42 Å². The highest BCUT2D eigenvalue weighted by Crippen LogP contribution is 2.39. The maximum atomic E-state index is 10.2. The Bertz CT molecular complexity index is 347. The summed E-state index contributed by atoms with van der Waals surface area (Å²) in [6.45, 7) is 12.1. The summed E-state index contributed by atoms with van der Waals surface area (Å²) in [4.78, 5) is 0. The highest BCUT2D eigenvalue weighted by Gasteiger charge is 2.41. The molecular formula is C17H34O4Si. The molecule has 0 aromatic carbocycles. The van der Waals surface area contributed by atoms with Gasteiger partial charge < -0.3 is 19.0 Å². The van der Waals surface area contributed by atoms with Crippen LogP contribution >= 0.6 is 0 Å². The van der Waals surface area contributed by atoms with Crippen molar-refractivity contribution in [3.05, 3.63) is 0 Å². The monoisotopic (exact) mass is 330 g/mol. The summed E-state index contributed by atoms with van der Waals surface area (Å²) in [7, 11) is -1.80. The average Bonchev–Trinajstić information content (AvgIpc) is 2.37.